The number of thioether (sulfide) groups is 1. The number of aromatic nitrogens is 1. The summed E-state index contributed by atoms with van der Waals surface area (Å²) in [5, 5.41) is 0. The van der Waals surface area contributed by atoms with Gasteiger partial charge in [0.1, 0.15) is 5.52 Å². The zero-order valence-corrected chi connectivity index (χ0v) is 11.1. The van der Waals surface area contributed by atoms with E-state index in [9.17, 15) is 0 Å². The molecule has 1 aromatic heterocycles. The topological polar surface area (TPSA) is 52.0 Å². The molecule has 2 aromatic rings. The zero-order valence-electron chi connectivity index (χ0n) is 10.3. The van der Waals surface area contributed by atoms with Crippen LogP contribution in [0.25, 0.3) is 11.1 Å². The van der Waals surface area contributed by atoms with Gasteiger partial charge in [-0.15, -0.1) is 0 Å². The highest BCUT2D eigenvalue weighted by molar-refractivity contribution is 7.98. The monoisotopic (exact) mass is 250 g/mol. The Hall–Kier alpha value is -1.16. The minimum Gasteiger partial charge on any atom is -0.440 e. The standard InChI is InChI=1S/C13H18N2OS/c1-9(2)6-7-17-8-12-15-13-10(14)4-3-5-11(13)16-12/h3-5,9H,6-8,14H2,1-2H3. The van der Waals surface area contributed by atoms with Gasteiger partial charge < -0.3 is 10.2 Å². The van der Waals surface area contributed by atoms with Gasteiger partial charge in [0.25, 0.3) is 0 Å². The number of rotatable bonds is 5. The molecule has 0 bridgehead atoms. The fraction of sp³-hybridized carbons (Fsp3) is 0.462. The van der Waals surface area contributed by atoms with Crippen molar-refractivity contribution in [3.8, 4) is 0 Å². The van der Waals surface area contributed by atoms with E-state index in [2.05, 4.69) is 18.8 Å². The number of nitrogens with zero attached hydrogens (tertiary/aromatic N) is 1. The van der Waals surface area contributed by atoms with E-state index < -0.39 is 0 Å². The van der Waals surface area contributed by atoms with Gasteiger partial charge in [0.15, 0.2) is 5.58 Å². The fourth-order valence-corrected chi connectivity index (χ4v) is 2.64. The van der Waals surface area contributed by atoms with Gasteiger partial charge >= 0.3 is 0 Å². The van der Waals surface area contributed by atoms with Gasteiger partial charge in [-0.2, -0.15) is 11.8 Å². The molecule has 17 heavy (non-hydrogen) atoms. The summed E-state index contributed by atoms with van der Waals surface area (Å²) in [7, 11) is 0. The normalized spacial score (nSPS) is 11.5. The van der Waals surface area contributed by atoms with Crippen molar-refractivity contribution >= 4 is 28.5 Å². The van der Waals surface area contributed by atoms with Gasteiger partial charge in [-0.05, 0) is 30.2 Å². The van der Waals surface area contributed by atoms with Crippen LogP contribution in [0, 0.1) is 5.92 Å². The molecule has 1 heterocycles. The highest BCUT2D eigenvalue weighted by atomic mass is 32.2. The predicted molar refractivity (Wildman–Crippen MR) is 74.0 cm³/mol. The maximum atomic E-state index is 5.83. The van der Waals surface area contributed by atoms with E-state index in [1.807, 2.05) is 30.0 Å². The molecule has 0 radical (unpaired) electrons. The summed E-state index contributed by atoms with van der Waals surface area (Å²) in [5.74, 6) is 3.49. The molecule has 0 aliphatic rings. The Kier molecular flexibility index (Phi) is 3.94. The number of para-hydroxylation sites is 1. The smallest absolute Gasteiger partial charge is 0.205 e. The third-order valence-electron chi connectivity index (χ3n) is 2.56. The van der Waals surface area contributed by atoms with Crippen LogP contribution in [-0.4, -0.2) is 10.7 Å². The van der Waals surface area contributed by atoms with Crippen LogP contribution in [-0.2, 0) is 5.75 Å². The lowest BCUT2D eigenvalue weighted by Crippen LogP contribution is -1.90. The molecule has 0 spiro atoms. The molecular weight excluding hydrogens is 232 g/mol. The lowest BCUT2D eigenvalue weighted by atomic mass is 10.2. The second kappa shape index (κ2) is 5.45. The van der Waals surface area contributed by atoms with Gasteiger partial charge in [-0.25, -0.2) is 4.98 Å². The Balaban J connectivity index is 1.98. The summed E-state index contributed by atoms with van der Waals surface area (Å²) >= 11 is 1.86. The third kappa shape index (κ3) is 3.16. The molecule has 0 atom stereocenters. The molecule has 2 N–H and O–H groups in total. The van der Waals surface area contributed by atoms with Crippen molar-refractivity contribution in [1.29, 1.82) is 0 Å². The molecule has 0 saturated heterocycles. The molecule has 2 rings (SSSR count). The van der Waals surface area contributed by atoms with E-state index in [0.717, 1.165) is 34.4 Å². The number of nitrogens with two attached hydrogens (primary N) is 1. The number of benzene rings is 1. The molecule has 0 amide bonds. The van der Waals surface area contributed by atoms with Gasteiger partial charge in [0, 0.05) is 0 Å². The zero-order chi connectivity index (χ0) is 12.3. The highest BCUT2D eigenvalue weighted by Gasteiger charge is 2.07. The first-order valence-corrected chi connectivity index (χ1v) is 7.04. The average molecular weight is 250 g/mol. The van der Waals surface area contributed by atoms with Crippen molar-refractivity contribution in [2.45, 2.75) is 26.0 Å². The van der Waals surface area contributed by atoms with E-state index >= 15 is 0 Å². The molecule has 0 fully saturated rings. The molecule has 0 saturated carbocycles. The van der Waals surface area contributed by atoms with Crippen LogP contribution in [0.15, 0.2) is 22.6 Å². The van der Waals surface area contributed by atoms with Crippen molar-refractivity contribution in [2.75, 3.05) is 11.5 Å². The molecule has 0 aliphatic carbocycles. The Labute approximate surface area is 106 Å². The Morgan fingerprint density at radius 2 is 2.24 bits per heavy atom. The minimum atomic E-state index is 0.685. The number of hydrogen-bond acceptors (Lipinski definition) is 4. The van der Waals surface area contributed by atoms with Crippen molar-refractivity contribution in [3.05, 3.63) is 24.1 Å². The summed E-state index contributed by atoms with van der Waals surface area (Å²) in [6.07, 6.45) is 1.23. The van der Waals surface area contributed by atoms with Gasteiger partial charge in [0.2, 0.25) is 5.89 Å². The van der Waals surface area contributed by atoms with Crippen molar-refractivity contribution < 1.29 is 4.42 Å². The molecular formula is C13H18N2OS. The van der Waals surface area contributed by atoms with Crippen LogP contribution in [0.5, 0.6) is 0 Å². The Morgan fingerprint density at radius 3 is 2.94 bits per heavy atom. The number of hydrogen-bond donors (Lipinski definition) is 1. The summed E-state index contributed by atoms with van der Waals surface area (Å²) < 4.78 is 5.64. The van der Waals surface area contributed by atoms with Crippen LogP contribution < -0.4 is 5.73 Å². The second-order valence-corrected chi connectivity index (χ2v) is 5.64. The van der Waals surface area contributed by atoms with Crippen molar-refractivity contribution in [1.82, 2.24) is 4.98 Å². The SMILES string of the molecule is CC(C)CCSCc1nc2c(N)cccc2o1. The second-order valence-electron chi connectivity index (χ2n) is 4.54. The van der Waals surface area contributed by atoms with Gasteiger partial charge in [0.05, 0.1) is 11.4 Å². The van der Waals surface area contributed by atoms with E-state index in [4.69, 9.17) is 10.2 Å². The molecule has 0 unspecified atom stereocenters. The summed E-state index contributed by atoms with van der Waals surface area (Å²) in [4.78, 5) is 4.42. The summed E-state index contributed by atoms with van der Waals surface area (Å²) in [6.45, 7) is 4.47. The first kappa shape index (κ1) is 12.3. The number of nitrogen functional groups attached to an aromatic ring is 1. The first-order chi connectivity index (χ1) is 8.16. The molecule has 4 heteroatoms. The number of anilines is 1. The lowest BCUT2D eigenvalue weighted by Gasteiger charge is -2.01. The molecule has 3 nitrogen and oxygen atoms in total. The van der Waals surface area contributed by atoms with Gasteiger partial charge in [-0.3, -0.25) is 0 Å². The maximum Gasteiger partial charge on any atom is 0.205 e. The Morgan fingerprint density at radius 1 is 1.41 bits per heavy atom. The predicted octanol–water partition coefficient (Wildman–Crippen LogP) is 3.69. The summed E-state index contributed by atoms with van der Waals surface area (Å²) in [6, 6.07) is 5.64. The van der Waals surface area contributed by atoms with Crippen LogP contribution in [0.2, 0.25) is 0 Å². The van der Waals surface area contributed by atoms with Crippen LogP contribution in [0.4, 0.5) is 5.69 Å². The summed E-state index contributed by atoms with van der Waals surface area (Å²) in [5.41, 5.74) is 8.09. The van der Waals surface area contributed by atoms with Gasteiger partial charge in [-0.1, -0.05) is 19.9 Å². The molecule has 0 aliphatic heterocycles. The van der Waals surface area contributed by atoms with Crippen LogP contribution in [0.3, 0.4) is 0 Å². The largest absolute Gasteiger partial charge is 0.440 e. The maximum absolute atomic E-state index is 5.83. The van der Waals surface area contributed by atoms with E-state index in [0.29, 0.717) is 5.69 Å². The van der Waals surface area contributed by atoms with E-state index in [1.54, 1.807) is 0 Å². The first-order valence-electron chi connectivity index (χ1n) is 5.88. The molecule has 1 aromatic carbocycles. The van der Waals surface area contributed by atoms with E-state index in [1.165, 1.54) is 6.42 Å². The Bertz CT molecular complexity index is 493. The third-order valence-corrected chi connectivity index (χ3v) is 3.54. The average Bonchev–Trinajstić information content (AvgIpc) is 2.69. The quantitative estimate of drug-likeness (QED) is 0.649. The number of oxazole rings is 1. The van der Waals surface area contributed by atoms with Crippen LogP contribution >= 0.6 is 11.8 Å². The van der Waals surface area contributed by atoms with Crippen molar-refractivity contribution in [2.24, 2.45) is 5.92 Å². The molecule has 92 valence electrons. The van der Waals surface area contributed by atoms with E-state index in [-0.39, 0.29) is 0 Å². The minimum absolute atomic E-state index is 0.685. The fourth-order valence-electron chi connectivity index (χ4n) is 1.56. The van der Waals surface area contributed by atoms with Crippen LogP contribution in [0.1, 0.15) is 26.2 Å². The van der Waals surface area contributed by atoms with Crippen molar-refractivity contribution in [3.63, 3.8) is 0 Å². The highest BCUT2D eigenvalue weighted by Crippen LogP contribution is 2.23. The number of fused-ring (bicyclic) bond motifs is 1. The lowest BCUT2D eigenvalue weighted by molar-refractivity contribution is 0.555.